The maximum atomic E-state index is 10.9. The van der Waals surface area contributed by atoms with Gasteiger partial charge in [0, 0.05) is 5.41 Å². The van der Waals surface area contributed by atoms with Crippen molar-refractivity contribution in [2.75, 3.05) is 0 Å². The number of aliphatic hydroxyl groups is 1. The minimum atomic E-state index is -0.372. The van der Waals surface area contributed by atoms with Gasteiger partial charge in [-0.05, 0) is 84.2 Å². The molecule has 0 spiro atoms. The smallest absolute Gasteiger partial charge is 0.0666 e. The summed E-state index contributed by atoms with van der Waals surface area (Å²) in [6.45, 7) is 16.6. The Morgan fingerprint density at radius 1 is 1.12 bits per heavy atom. The van der Waals surface area contributed by atoms with Gasteiger partial charge in [-0.15, -0.1) is 0 Å². The predicted molar refractivity (Wildman–Crippen MR) is 133 cm³/mol. The maximum Gasteiger partial charge on any atom is 0.0666 e. The van der Waals surface area contributed by atoms with Crippen LogP contribution in [0, 0.1) is 57.2 Å². The molecule has 2 heteroatoms. The van der Waals surface area contributed by atoms with Gasteiger partial charge in [-0.2, -0.15) is 5.26 Å². The number of rotatable bonds is 5. The summed E-state index contributed by atoms with van der Waals surface area (Å²) in [6.07, 6.45) is 12.8. The Kier molecular flexibility index (Phi) is 6.24. The lowest BCUT2D eigenvalue weighted by Crippen LogP contribution is -2.57. The molecule has 32 heavy (non-hydrogen) atoms. The Balaban J connectivity index is 1.65. The first-order valence-electron chi connectivity index (χ1n) is 13.5. The first kappa shape index (κ1) is 24.1. The zero-order chi connectivity index (χ0) is 23.5. The number of nitrogens with zero attached hydrogens (tertiary/aromatic N) is 1. The van der Waals surface area contributed by atoms with Crippen molar-refractivity contribution in [1.82, 2.24) is 0 Å². The van der Waals surface area contributed by atoms with Crippen molar-refractivity contribution in [2.24, 2.45) is 45.8 Å². The van der Waals surface area contributed by atoms with Crippen molar-refractivity contribution in [1.29, 1.82) is 5.26 Å². The van der Waals surface area contributed by atoms with E-state index < -0.39 is 0 Å². The fourth-order valence-corrected chi connectivity index (χ4v) is 8.80. The average molecular weight is 438 g/mol. The fourth-order valence-electron chi connectivity index (χ4n) is 8.80. The van der Waals surface area contributed by atoms with Gasteiger partial charge in [-0.1, -0.05) is 79.4 Å². The topological polar surface area (TPSA) is 44.0 Å². The van der Waals surface area contributed by atoms with Gasteiger partial charge in [0.1, 0.15) is 0 Å². The first-order valence-corrected chi connectivity index (χ1v) is 13.5. The average Bonchev–Trinajstić information content (AvgIpc) is 3.08. The van der Waals surface area contributed by atoms with Crippen LogP contribution in [0.4, 0.5) is 0 Å². The summed E-state index contributed by atoms with van der Waals surface area (Å²) in [7, 11) is 0. The van der Waals surface area contributed by atoms with Crippen molar-refractivity contribution in [3.8, 4) is 6.07 Å². The first-order chi connectivity index (χ1) is 15.0. The molecule has 4 aliphatic carbocycles. The SMILES string of the molecule is CC(C)CCC[C@@H](C)C1CC=C2C3=C(CC[C@@]21C)[C@]1(C)C(CC3)C(C)(C)[C@@H](O)C[C@@H]1C#N. The molecule has 1 fully saturated rings. The Labute approximate surface area is 197 Å². The van der Waals surface area contributed by atoms with Gasteiger partial charge in [0.25, 0.3) is 0 Å². The van der Waals surface area contributed by atoms with E-state index in [0.29, 0.717) is 17.8 Å². The fraction of sp³-hybridized carbons (Fsp3) is 0.833. The highest BCUT2D eigenvalue weighted by atomic mass is 16.3. The molecular weight excluding hydrogens is 390 g/mol. The quantitative estimate of drug-likeness (QED) is 0.476. The lowest BCUT2D eigenvalue weighted by atomic mass is 9.43. The van der Waals surface area contributed by atoms with Gasteiger partial charge in [0.05, 0.1) is 18.1 Å². The van der Waals surface area contributed by atoms with E-state index in [-0.39, 0.29) is 22.9 Å². The van der Waals surface area contributed by atoms with E-state index in [9.17, 15) is 10.4 Å². The summed E-state index contributed by atoms with van der Waals surface area (Å²) >= 11 is 0. The van der Waals surface area contributed by atoms with Crippen LogP contribution in [0.2, 0.25) is 0 Å². The molecule has 0 aromatic carbocycles. The lowest BCUT2D eigenvalue weighted by Gasteiger charge is -2.60. The van der Waals surface area contributed by atoms with E-state index in [0.717, 1.165) is 37.0 Å². The summed E-state index contributed by atoms with van der Waals surface area (Å²) in [5.74, 6) is 2.66. The molecule has 0 amide bonds. The standard InChI is InChI=1S/C30H47NO/c1-19(2)9-8-10-20(3)23-12-13-24-22-11-14-26-28(4,5)27(32)17-21(18-31)30(26,7)25(22)15-16-29(23,24)6/h13,19-21,23,26-27,32H,8-12,14-17H2,1-7H3/t20-,21-,23?,26?,27+,29-,30-/m1/s1. The third-order valence-electron chi connectivity index (χ3n) is 10.9. The molecule has 0 aliphatic heterocycles. The van der Waals surface area contributed by atoms with E-state index in [1.165, 1.54) is 32.1 Å². The highest BCUT2D eigenvalue weighted by Gasteiger charge is 2.61. The minimum Gasteiger partial charge on any atom is -0.393 e. The minimum absolute atomic E-state index is 0.0714. The zero-order valence-corrected chi connectivity index (χ0v) is 21.8. The number of allylic oxidation sites excluding steroid dienone is 4. The van der Waals surface area contributed by atoms with Crippen molar-refractivity contribution in [3.05, 3.63) is 22.8 Å². The van der Waals surface area contributed by atoms with Crippen LogP contribution in [0.5, 0.6) is 0 Å². The molecule has 0 heterocycles. The summed E-state index contributed by atoms with van der Waals surface area (Å²) in [5, 5.41) is 21.1. The molecule has 2 nitrogen and oxygen atoms in total. The molecule has 1 saturated carbocycles. The van der Waals surface area contributed by atoms with E-state index in [2.05, 4.69) is 60.6 Å². The second kappa shape index (κ2) is 8.30. The second-order valence-corrected chi connectivity index (χ2v) is 13.3. The molecule has 2 unspecified atom stereocenters. The molecule has 178 valence electrons. The number of hydrogen-bond acceptors (Lipinski definition) is 2. The molecule has 0 bridgehead atoms. The summed E-state index contributed by atoms with van der Waals surface area (Å²) in [4.78, 5) is 0. The van der Waals surface area contributed by atoms with E-state index in [4.69, 9.17) is 0 Å². The van der Waals surface area contributed by atoms with Crippen molar-refractivity contribution >= 4 is 0 Å². The van der Waals surface area contributed by atoms with Crippen molar-refractivity contribution < 1.29 is 5.11 Å². The van der Waals surface area contributed by atoms with Crippen LogP contribution in [0.1, 0.15) is 106 Å². The van der Waals surface area contributed by atoms with E-state index in [1.54, 1.807) is 16.7 Å². The van der Waals surface area contributed by atoms with Gasteiger partial charge in [-0.3, -0.25) is 0 Å². The number of hydrogen-bond donors (Lipinski definition) is 1. The van der Waals surface area contributed by atoms with Crippen molar-refractivity contribution in [2.45, 2.75) is 112 Å². The molecular formula is C30H47NO. The molecule has 0 radical (unpaired) electrons. The monoisotopic (exact) mass is 437 g/mol. The van der Waals surface area contributed by atoms with Gasteiger partial charge < -0.3 is 5.11 Å². The van der Waals surface area contributed by atoms with Gasteiger partial charge in [-0.25, -0.2) is 0 Å². The molecule has 7 atom stereocenters. The summed E-state index contributed by atoms with van der Waals surface area (Å²) < 4.78 is 0. The van der Waals surface area contributed by atoms with Crippen LogP contribution in [0.15, 0.2) is 22.8 Å². The third kappa shape index (κ3) is 3.45. The molecule has 0 saturated heterocycles. The normalized spacial score (nSPS) is 41.4. The Morgan fingerprint density at radius 3 is 2.50 bits per heavy atom. The van der Waals surface area contributed by atoms with Crippen LogP contribution < -0.4 is 0 Å². The highest BCUT2D eigenvalue weighted by molar-refractivity contribution is 5.50. The molecule has 0 aromatic heterocycles. The Hall–Kier alpha value is -1.07. The van der Waals surface area contributed by atoms with Gasteiger partial charge in [0.15, 0.2) is 0 Å². The van der Waals surface area contributed by atoms with Crippen LogP contribution in [0.25, 0.3) is 0 Å². The predicted octanol–water partition coefficient (Wildman–Crippen LogP) is 7.84. The Bertz CT molecular complexity index is 841. The van der Waals surface area contributed by atoms with E-state index >= 15 is 0 Å². The maximum absolute atomic E-state index is 10.9. The zero-order valence-electron chi connectivity index (χ0n) is 21.8. The lowest BCUT2D eigenvalue weighted by molar-refractivity contribution is -0.109. The van der Waals surface area contributed by atoms with Crippen LogP contribution in [-0.2, 0) is 0 Å². The summed E-state index contributed by atoms with van der Waals surface area (Å²) in [5.41, 5.74) is 4.97. The Morgan fingerprint density at radius 2 is 1.84 bits per heavy atom. The largest absolute Gasteiger partial charge is 0.393 e. The highest BCUT2D eigenvalue weighted by Crippen LogP contribution is 2.67. The van der Waals surface area contributed by atoms with E-state index in [1.807, 2.05) is 0 Å². The molecule has 4 rings (SSSR count). The molecule has 0 aromatic rings. The van der Waals surface area contributed by atoms with Gasteiger partial charge >= 0.3 is 0 Å². The van der Waals surface area contributed by atoms with Crippen LogP contribution in [-0.4, -0.2) is 11.2 Å². The number of nitriles is 1. The second-order valence-electron chi connectivity index (χ2n) is 13.3. The number of fused-ring (bicyclic) bond motifs is 4. The van der Waals surface area contributed by atoms with Crippen LogP contribution in [0.3, 0.4) is 0 Å². The molecule has 4 aliphatic rings. The third-order valence-corrected chi connectivity index (χ3v) is 10.9. The number of aliphatic hydroxyl groups excluding tert-OH is 1. The molecule has 1 N–H and O–H groups in total. The summed E-state index contributed by atoms with van der Waals surface area (Å²) in [6, 6.07) is 2.66. The van der Waals surface area contributed by atoms with Crippen molar-refractivity contribution in [3.63, 3.8) is 0 Å². The van der Waals surface area contributed by atoms with Gasteiger partial charge in [0.2, 0.25) is 0 Å². The van der Waals surface area contributed by atoms with Crippen LogP contribution >= 0.6 is 0 Å².